The van der Waals surface area contributed by atoms with Crippen LogP contribution in [-0.2, 0) is 6.42 Å². The Morgan fingerprint density at radius 2 is 2.14 bits per heavy atom. The van der Waals surface area contributed by atoms with Crippen molar-refractivity contribution in [1.29, 1.82) is 0 Å². The van der Waals surface area contributed by atoms with E-state index < -0.39 is 4.92 Å². The first-order valence-corrected chi connectivity index (χ1v) is 6.73. The Hall–Kier alpha value is -2.96. The lowest BCUT2D eigenvalue weighted by molar-refractivity contribution is -0.384. The number of pyridine rings is 1. The van der Waals surface area contributed by atoms with Crippen LogP contribution in [0, 0.1) is 10.1 Å². The molecule has 0 aliphatic rings. The number of aromatic nitrogens is 1. The minimum absolute atomic E-state index is 0.0612. The molecule has 0 unspecified atom stereocenters. The predicted octanol–water partition coefficient (Wildman–Crippen LogP) is 2.70. The van der Waals surface area contributed by atoms with Gasteiger partial charge >= 0.3 is 6.03 Å². The molecule has 1 aromatic heterocycles. The summed E-state index contributed by atoms with van der Waals surface area (Å²) in [5.74, 6) is 0. The molecule has 114 valence electrons. The highest BCUT2D eigenvalue weighted by Gasteiger charge is 2.11. The smallest absolute Gasteiger partial charge is 0.321 e. The van der Waals surface area contributed by atoms with Gasteiger partial charge in [0, 0.05) is 49.7 Å². The highest BCUT2D eigenvalue weighted by atomic mass is 16.6. The number of likely N-dealkylation sites (N-methyl/N-ethyl adjacent to an activating group) is 1. The molecular formula is C15H16N4O3. The average molecular weight is 300 g/mol. The highest BCUT2D eigenvalue weighted by molar-refractivity contribution is 5.89. The number of amides is 2. The maximum Gasteiger partial charge on any atom is 0.321 e. The number of carbonyl (C=O) groups excluding carboxylic acids is 1. The Morgan fingerprint density at radius 1 is 1.32 bits per heavy atom. The molecule has 2 amide bonds. The molecule has 0 fully saturated rings. The minimum Gasteiger partial charge on any atom is -0.327 e. The Bertz CT molecular complexity index is 661. The van der Waals surface area contributed by atoms with Crippen LogP contribution < -0.4 is 5.32 Å². The van der Waals surface area contributed by atoms with Crippen LogP contribution in [0.1, 0.15) is 5.69 Å². The fourth-order valence-electron chi connectivity index (χ4n) is 1.85. The van der Waals surface area contributed by atoms with Crippen molar-refractivity contribution in [3.05, 3.63) is 64.5 Å². The number of nitro benzene ring substituents is 1. The molecule has 0 aliphatic heterocycles. The van der Waals surface area contributed by atoms with E-state index in [9.17, 15) is 14.9 Å². The zero-order chi connectivity index (χ0) is 15.9. The number of benzene rings is 1. The Kier molecular flexibility index (Phi) is 5.02. The van der Waals surface area contributed by atoms with E-state index in [1.807, 2.05) is 18.2 Å². The summed E-state index contributed by atoms with van der Waals surface area (Å²) in [6, 6.07) is 11.1. The molecule has 0 saturated heterocycles. The highest BCUT2D eigenvalue weighted by Crippen LogP contribution is 2.17. The Balaban J connectivity index is 1.91. The molecular weight excluding hydrogens is 284 g/mol. The largest absolute Gasteiger partial charge is 0.327 e. The van der Waals surface area contributed by atoms with Gasteiger partial charge in [0.05, 0.1) is 4.92 Å². The zero-order valence-electron chi connectivity index (χ0n) is 12.1. The number of urea groups is 1. The number of hydrogen-bond acceptors (Lipinski definition) is 4. The number of carbonyl (C=O) groups is 1. The van der Waals surface area contributed by atoms with E-state index in [2.05, 4.69) is 10.3 Å². The second kappa shape index (κ2) is 7.16. The third-order valence-electron chi connectivity index (χ3n) is 3.08. The topological polar surface area (TPSA) is 88.4 Å². The predicted molar refractivity (Wildman–Crippen MR) is 82.7 cm³/mol. The SMILES string of the molecule is CN(CCc1ccccn1)C(=O)Nc1cccc([N+](=O)[O-])c1. The number of rotatable bonds is 5. The molecule has 2 rings (SSSR count). The molecule has 1 aromatic carbocycles. The normalized spacial score (nSPS) is 10.0. The molecule has 7 nitrogen and oxygen atoms in total. The Morgan fingerprint density at radius 3 is 2.82 bits per heavy atom. The first kappa shape index (κ1) is 15.4. The van der Waals surface area contributed by atoms with E-state index in [0.717, 1.165) is 5.69 Å². The first-order chi connectivity index (χ1) is 10.6. The number of nitrogens with zero attached hydrogens (tertiary/aromatic N) is 3. The van der Waals surface area contributed by atoms with Gasteiger partial charge in [0.2, 0.25) is 0 Å². The van der Waals surface area contributed by atoms with Crippen molar-refractivity contribution in [2.24, 2.45) is 0 Å². The summed E-state index contributed by atoms with van der Waals surface area (Å²) in [6.45, 7) is 0.498. The first-order valence-electron chi connectivity index (χ1n) is 6.73. The number of anilines is 1. The molecule has 0 spiro atoms. The summed E-state index contributed by atoms with van der Waals surface area (Å²) in [5, 5.41) is 13.3. The van der Waals surface area contributed by atoms with Crippen LogP contribution in [0.25, 0.3) is 0 Å². The summed E-state index contributed by atoms with van der Waals surface area (Å²) in [4.78, 5) is 27.9. The maximum absolute atomic E-state index is 12.0. The van der Waals surface area contributed by atoms with Crippen LogP contribution in [0.3, 0.4) is 0 Å². The zero-order valence-corrected chi connectivity index (χ0v) is 12.1. The van der Waals surface area contributed by atoms with Crippen LogP contribution in [0.4, 0.5) is 16.2 Å². The maximum atomic E-state index is 12.0. The summed E-state index contributed by atoms with van der Waals surface area (Å²) in [5.41, 5.74) is 1.23. The van der Waals surface area contributed by atoms with Crippen molar-refractivity contribution in [2.45, 2.75) is 6.42 Å². The number of non-ortho nitro benzene ring substituents is 1. The lowest BCUT2D eigenvalue weighted by Gasteiger charge is -2.17. The van der Waals surface area contributed by atoms with Crippen molar-refractivity contribution in [3.8, 4) is 0 Å². The third-order valence-corrected chi connectivity index (χ3v) is 3.08. The molecule has 1 heterocycles. The van der Waals surface area contributed by atoms with Crippen molar-refractivity contribution < 1.29 is 9.72 Å². The van der Waals surface area contributed by atoms with Gasteiger partial charge in [-0.1, -0.05) is 12.1 Å². The number of nitro groups is 1. The van der Waals surface area contributed by atoms with E-state index in [4.69, 9.17) is 0 Å². The standard InChI is InChI=1S/C15H16N4O3/c1-18(10-8-12-5-2-3-9-16-12)15(20)17-13-6-4-7-14(11-13)19(21)22/h2-7,9,11H,8,10H2,1H3,(H,17,20). The van der Waals surface area contributed by atoms with Crippen LogP contribution >= 0.6 is 0 Å². The van der Waals surface area contributed by atoms with Gasteiger partial charge < -0.3 is 10.2 Å². The molecule has 1 N–H and O–H groups in total. The second-order valence-corrected chi connectivity index (χ2v) is 4.73. The molecule has 0 atom stereocenters. The average Bonchev–Trinajstić information content (AvgIpc) is 2.53. The fraction of sp³-hybridized carbons (Fsp3) is 0.200. The lowest BCUT2D eigenvalue weighted by Crippen LogP contribution is -2.33. The summed E-state index contributed by atoms with van der Waals surface area (Å²) < 4.78 is 0. The fourth-order valence-corrected chi connectivity index (χ4v) is 1.85. The van der Waals surface area contributed by atoms with Crippen LogP contribution in [0.15, 0.2) is 48.7 Å². The molecule has 0 saturated carbocycles. The number of nitrogens with one attached hydrogen (secondary N) is 1. The quantitative estimate of drug-likeness (QED) is 0.679. The summed E-state index contributed by atoms with van der Waals surface area (Å²) in [6.07, 6.45) is 2.35. The minimum atomic E-state index is -0.500. The van der Waals surface area contributed by atoms with Crippen LogP contribution in [-0.4, -0.2) is 34.4 Å². The van der Waals surface area contributed by atoms with E-state index in [1.165, 1.54) is 23.1 Å². The summed E-state index contributed by atoms with van der Waals surface area (Å²) in [7, 11) is 1.66. The molecule has 0 radical (unpaired) electrons. The van der Waals surface area contributed by atoms with Gasteiger partial charge in [-0.3, -0.25) is 15.1 Å². The lowest BCUT2D eigenvalue weighted by atomic mass is 10.2. The van der Waals surface area contributed by atoms with Crippen molar-refractivity contribution in [2.75, 3.05) is 18.9 Å². The van der Waals surface area contributed by atoms with E-state index >= 15 is 0 Å². The molecule has 2 aromatic rings. The molecule has 0 bridgehead atoms. The summed E-state index contributed by atoms with van der Waals surface area (Å²) >= 11 is 0. The van der Waals surface area contributed by atoms with Crippen molar-refractivity contribution in [3.63, 3.8) is 0 Å². The van der Waals surface area contributed by atoms with Gasteiger partial charge in [-0.15, -0.1) is 0 Å². The van der Waals surface area contributed by atoms with Gasteiger partial charge in [0.25, 0.3) is 5.69 Å². The van der Waals surface area contributed by atoms with Crippen LogP contribution in [0.5, 0.6) is 0 Å². The van der Waals surface area contributed by atoms with Gasteiger partial charge in [0.15, 0.2) is 0 Å². The Labute approximate surface area is 127 Å². The van der Waals surface area contributed by atoms with E-state index in [-0.39, 0.29) is 11.7 Å². The third kappa shape index (κ3) is 4.27. The van der Waals surface area contributed by atoms with Crippen LogP contribution in [0.2, 0.25) is 0 Å². The van der Waals surface area contributed by atoms with Gasteiger partial charge in [-0.2, -0.15) is 0 Å². The molecule has 22 heavy (non-hydrogen) atoms. The van der Waals surface area contributed by atoms with Gasteiger partial charge in [0.1, 0.15) is 0 Å². The second-order valence-electron chi connectivity index (χ2n) is 4.73. The van der Waals surface area contributed by atoms with Crippen molar-refractivity contribution in [1.82, 2.24) is 9.88 Å². The monoisotopic (exact) mass is 300 g/mol. The molecule has 7 heteroatoms. The molecule has 0 aliphatic carbocycles. The number of hydrogen-bond donors (Lipinski definition) is 1. The van der Waals surface area contributed by atoms with Gasteiger partial charge in [-0.05, 0) is 18.2 Å². The van der Waals surface area contributed by atoms with Gasteiger partial charge in [-0.25, -0.2) is 4.79 Å². The van der Waals surface area contributed by atoms with E-state index in [0.29, 0.717) is 18.7 Å². The van der Waals surface area contributed by atoms with Crippen molar-refractivity contribution >= 4 is 17.4 Å². The van der Waals surface area contributed by atoms with E-state index in [1.54, 1.807) is 19.3 Å².